The van der Waals surface area contributed by atoms with Gasteiger partial charge in [0.1, 0.15) is 6.61 Å². The van der Waals surface area contributed by atoms with E-state index in [0.717, 1.165) is 24.4 Å². The summed E-state index contributed by atoms with van der Waals surface area (Å²) >= 11 is 0. The van der Waals surface area contributed by atoms with Crippen LogP contribution in [0.25, 0.3) is 0 Å². The van der Waals surface area contributed by atoms with Crippen molar-refractivity contribution in [3.05, 3.63) is 23.7 Å². The van der Waals surface area contributed by atoms with E-state index >= 15 is 0 Å². The van der Waals surface area contributed by atoms with E-state index in [-0.39, 0.29) is 0 Å². The molecule has 1 rings (SSSR count). The Morgan fingerprint density at radius 2 is 1.77 bits per heavy atom. The first-order valence-corrected chi connectivity index (χ1v) is 4.45. The fourth-order valence-electron chi connectivity index (χ4n) is 1.18. The van der Waals surface area contributed by atoms with Gasteiger partial charge in [0.25, 0.3) is 0 Å². The van der Waals surface area contributed by atoms with Gasteiger partial charge in [-0.2, -0.15) is 0 Å². The van der Waals surface area contributed by atoms with E-state index in [1.807, 2.05) is 6.08 Å². The van der Waals surface area contributed by atoms with Gasteiger partial charge in [0.2, 0.25) is 0 Å². The maximum atomic E-state index is 5.47. The number of hydrogen-bond donors (Lipinski definition) is 0. The van der Waals surface area contributed by atoms with Crippen molar-refractivity contribution < 1.29 is 14.2 Å². The highest BCUT2D eigenvalue weighted by atomic mass is 16.5. The fourth-order valence-corrected chi connectivity index (χ4v) is 1.18. The highest BCUT2D eigenvalue weighted by Gasteiger charge is 2.09. The molecule has 0 amide bonds. The van der Waals surface area contributed by atoms with Gasteiger partial charge >= 0.3 is 0 Å². The number of hydrogen-bond acceptors (Lipinski definition) is 3. The van der Waals surface area contributed by atoms with Crippen LogP contribution in [0, 0.1) is 0 Å². The van der Waals surface area contributed by atoms with Crippen LogP contribution in [0.15, 0.2) is 23.7 Å². The molecule has 74 valence electrons. The summed E-state index contributed by atoms with van der Waals surface area (Å²) in [6, 6.07) is 0. The summed E-state index contributed by atoms with van der Waals surface area (Å²) in [4.78, 5) is 0. The number of methoxy groups -OCH3 is 2. The van der Waals surface area contributed by atoms with Gasteiger partial charge in [-0.05, 0) is 25.0 Å². The molecule has 0 atom stereocenters. The molecular formula is C10H16O3. The summed E-state index contributed by atoms with van der Waals surface area (Å²) in [5.41, 5.74) is 0. The molecule has 3 heteroatoms. The van der Waals surface area contributed by atoms with Crippen molar-refractivity contribution in [2.24, 2.45) is 0 Å². The minimum Gasteiger partial charge on any atom is -0.493 e. The van der Waals surface area contributed by atoms with Crippen LogP contribution >= 0.6 is 0 Å². The molecule has 0 heterocycles. The Kier molecular flexibility index (Phi) is 4.40. The van der Waals surface area contributed by atoms with E-state index < -0.39 is 0 Å². The van der Waals surface area contributed by atoms with Crippen molar-refractivity contribution in [1.29, 1.82) is 0 Å². The van der Waals surface area contributed by atoms with Gasteiger partial charge in [-0.25, -0.2) is 0 Å². The van der Waals surface area contributed by atoms with E-state index in [1.54, 1.807) is 14.2 Å². The van der Waals surface area contributed by atoms with Crippen LogP contribution in [0.5, 0.6) is 0 Å². The average Bonchev–Trinajstić information content (AvgIpc) is 2.19. The largest absolute Gasteiger partial charge is 0.493 e. The van der Waals surface area contributed by atoms with Crippen LogP contribution in [0.1, 0.15) is 12.8 Å². The van der Waals surface area contributed by atoms with Gasteiger partial charge in [0.15, 0.2) is 11.5 Å². The van der Waals surface area contributed by atoms with Crippen molar-refractivity contribution in [3.8, 4) is 0 Å². The lowest BCUT2D eigenvalue weighted by Gasteiger charge is -2.15. The third-order valence-corrected chi connectivity index (χ3v) is 1.83. The first-order valence-electron chi connectivity index (χ1n) is 4.45. The van der Waals surface area contributed by atoms with Gasteiger partial charge in [-0.15, -0.1) is 0 Å². The molecular weight excluding hydrogens is 168 g/mol. The lowest BCUT2D eigenvalue weighted by Crippen LogP contribution is -2.06. The molecule has 0 bridgehead atoms. The Morgan fingerprint density at radius 3 is 2.38 bits per heavy atom. The molecule has 1 aliphatic rings. The smallest absolute Gasteiger partial charge is 0.156 e. The Morgan fingerprint density at radius 1 is 1.08 bits per heavy atom. The van der Waals surface area contributed by atoms with E-state index in [9.17, 15) is 0 Å². The maximum absolute atomic E-state index is 5.47. The zero-order valence-electron chi connectivity index (χ0n) is 8.21. The number of ether oxygens (including phenoxy) is 3. The summed E-state index contributed by atoms with van der Waals surface area (Å²) in [7, 11) is 3.32. The molecule has 0 saturated carbocycles. The summed E-state index contributed by atoms with van der Waals surface area (Å²) in [6.07, 6.45) is 6.14. The Bertz CT molecular complexity index is 206. The number of rotatable bonds is 5. The lowest BCUT2D eigenvalue weighted by molar-refractivity contribution is 0.100. The minimum atomic E-state index is 0.572. The van der Waals surface area contributed by atoms with Crippen molar-refractivity contribution in [1.82, 2.24) is 0 Å². The summed E-state index contributed by atoms with van der Waals surface area (Å²) in [5.74, 6) is 1.67. The minimum absolute atomic E-state index is 0.572. The molecule has 0 radical (unpaired) electrons. The van der Waals surface area contributed by atoms with Crippen molar-refractivity contribution in [2.45, 2.75) is 12.8 Å². The molecule has 0 aromatic carbocycles. The van der Waals surface area contributed by atoms with E-state index in [0.29, 0.717) is 13.2 Å². The molecule has 0 N–H and O–H groups in total. The third-order valence-electron chi connectivity index (χ3n) is 1.83. The molecule has 0 spiro atoms. The molecule has 0 saturated heterocycles. The zero-order chi connectivity index (χ0) is 9.52. The first kappa shape index (κ1) is 10.1. The molecule has 13 heavy (non-hydrogen) atoms. The van der Waals surface area contributed by atoms with Crippen LogP contribution in [-0.2, 0) is 14.2 Å². The molecule has 0 fully saturated rings. The zero-order valence-corrected chi connectivity index (χ0v) is 8.21. The maximum Gasteiger partial charge on any atom is 0.156 e. The Balaban J connectivity index is 2.38. The van der Waals surface area contributed by atoms with Gasteiger partial charge in [0, 0.05) is 7.11 Å². The van der Waals surface area contributed by atoms with Crippen LogP contribution in [0.3, 0.4) is 0 Å². The Hall–Kier alpha value is -0.960. The molecule has 0 aromatic rings. The van der Waals surface area contributed by atoms with Crippen molar-refractivity contribution >= 4 is 0 Å². The van der Waals surface area contributed by atoms with E-state index in [1.165, 1.54) is 0 Å². The predicted octanol–water partition coefficient (Wildman–Crippen LogP) is 1.86. The van der Waals surface area contributed by atoms with E-state index in [2.05, 4.69) is 6.08 Å². The molecule has 0 unspecified atom stereocenters. The molecule has 1 aliphatic carbocycles. The second kappa shape index (κ2) is 5.65. The van der Waals surface area contributed by atoms with Crippen LogP contribution < -0.4 is 0 Å². The van der Waals surface area contributed by atoms with Gasteiger partial charge in [-0.3, -0.25) is 0 Å². The third kappa shape index (κ3) is 3.11. The van der Waals surface area contributed by atoms with Gasteiger partial charge < -0.3 is 14.2 Å². The second-order valence-corrected chi connectivity index (χ2v) is 2.76. The van der Waals surface area contributed by atoms with Gasteiger partial charge in [0.05, 0.1) is 13.7 Å². The SMILES string of the molecule is COCCOC1=CCCC=C1OC. The summed E-state index contributed by atoms with van der Waals surface area (Å²) in [6.45, 7) is 1.18. The highest BCUT2D eigenvalue weighted by Crippen LogP contribution is 2.19. The summed E-state index contributed by atoms with van der Waals surface area (Å²) < 4.78 is 15.5. The lowest BCUT2D eigenvalue weighted by atomic mass is 10.1. The normalized spacial score (nSPS) is 16.2. The highest BCUT2D eigenvalue weighted by molar-refractivity contribution is 5.23. The topological polar surface area (TPSA) is 27.7 Å². The second-order valence-electron chi connectivity index (χ2n) is 2.76. The van der Waals surface area contributed by atoms with Crippen LogP contribution in [-0.4, -0.2) is 27.4 Å². The number of allylic oxidation sites excluding steroid dienone is 2. The average molecular weight is 184 g/mol. The van der Waals surface area contributed by atoms with E-state index in [4.69, 9.17) is 14.2 Å². The van der Waals surface area contributed by atoms with Crippen LogP contribution in [0.4, 0.5) is 0 Å². The molecule has 0 aromatic heterocycles. The molecule has 3 nitrogen and oxygen atoms in total. The first-order chi connectivity index (χ1) is 6.38. The molecule has 0 aliphatic heterocycles. The Labute approximate surface area is 79.0 Å². The summed E-state index contributed by atoms with van der Waals surface area (Å²) in [5, 5.41) is 0. The van der Waals surface area contributed by atoms with Gasteiger partial charge in [-0.1, -0.05) is 0 Å². The van der Waals surface area contributed by atoms with Crippen molar-refractivity contribution in [3.63, 3.8) is 0 Å². The van der Waals surface area contributed by atoms with Crippen molar-refractivity contribution in [2.75, 3.05) is 27.4 Å². The van der Waals surface area contributed by atoms with Crippen LogP contribution in [0.2, 0.25) is 0 Å². The standard InChI is InChI=1S/C10H16O3/c1-11-7-8-13-10-6-4-3-5-9(10)12-2/h5-6H,3-4,7-8H2,1-2H3. The fraction of sp³-hybridized carbons (Fsp3) is 0.600. The monoisotopic (exact) mass is 184 g/mol. The predicted molar refractivity (Wildman–Crippen MR) is 50.2 cm³/mol. The quantitative estimate of drug-likeness (QED) is 0.610.